The number of nitrogens with one attached hydrogen (secondary N) is 1. The van der Waals surface area contributed by atoms with Crippen LogP contribution in [0.1, 0.15) is 24.8 Å². The molecule has 3 rings (SSSR count). The van der Waals surface area contributed by atoms with Gasteiger partial charge in [-0.25, -0.2) is 8.42 Å². The Morgan fingerprint density at radius 2 is 1.74 bits per heavy atom. The van der Waals surface area contributed by atoms with Crippen molar-refractivity contribution in [2.75, 3.05) is 25.0 Å². The summed E-state index contributed by atoms with van der Waals surface area (Å²) in [6.45, 7) is 0.491. The molecule has 2 aromatic carbocycles. The molecule has 0 aromatic heterocycles. The normalized spacial score (nSPS) is 14.8. The predicted molar refractivity (Wildman–Crippen MR) is 119 cm³/mol. The smallest absolute Gasteiger partial charge is 0.310 e. The van der Waals surface area contributed by atoms with E-state index in [0.29, 0.717) is 34.4 Å². The van der Waals surface area contributed by atoms with E-state index in [9.17, 15) is 18.0 Å². The number of amides is 1. The first kappa shape index (κ1) is 23.5. The molecule has 31 heavy (non-hydrogen) atoms. The lowest BCUT2D eigenvalue weighted by Gasteiger charge is -2.26. The number of carbonyl (C=O) groups excluding carboxylic acids is 2. The van der Waals surface area contributed by atoms with Crippen molar-refractivity contribution >= 4 is 50.8 Å². The first-order chi connectivity index (χ1) is 14.8. The fourth-order valence-electron chi connectivity index (χ4n) is 3.20. The lowest BCUT2D eigenvalue weighted by atomic mass is 10.1. The van der Waals surface area contributed by atoms with Gasteiger partial charge in [0, 0.05) is 18.8 Å². The molecule has 0 spiro atoms. The quantitative estimate of drug-likeness (QED) is 0.601. The average Bonchev–Trinajstić information content (AvgIpc) is 2.76. The lowest BCUT2D eigenvalue weighted by Crippen LogP contribution is -2.35. The molecule has 0 aliphatic carbocycles. The van der Waals surface area contributed by atoms with Gasteiger partial charge in [0.2, 0.25) is 10.0 Å². The van der Waals surface area contributed by atoms with E-state index in [-0.39, 0.29) is 11.3 Å². The van der Waals surface area contributed by atoms with E-state index in [1.165, 1.54) is 16.4 Å². The standard InChI is InChI=1S/C21H22Cl2N2O5S/c22-18-8-7-15(11-19(18)23)12-21(27)30-14-20(26)24-16-5-4-6-17(13-16)31(28,29)25-9-2-1-3-10-25/h4-8,11,13H,1-3,9-10,12,14H2,(H,24,26). The summed E-state index contributed by atoms with van der Waals surface area (Å²) in [7, 11) is -3.61. The van der Waals surface area contributed by atoms with Crippen molar-refractivity contribution in [3.8, 4) is 0 Å². The van der Waals surface area contributed by atoms with Crippen LogP contribution in [0.5, 0.6) is 0 Å². The van der Waals surface area contributed by atoms with Crippen LogP contribution in [0.3, 0.4) is 0 Å². The number of halogens is 2. The highest BCUT2D eigenvalue weighted by Gasteiger charge is 2.26. The average molecular weight is 485 g/mol. The molecule has 0 bridgehead atoms. The minimum absolute atomic E-state index is 0.0618. The Morgan fingerprint density at radius 3 is 2.45 bits per heavy atom. The molecular formula is C21H22Cl2N2O5S. The maximum Gasteiger partial charge on any atom is 0.310 e. The van der Waals surface area contributed by atoms with Crippen LogP contribution in [-0.2, 0) is 30.8 Å². The van der Waals surface area contributed by atoms with Crippen molar-refractivity contribution in [2.24, 2.45) is 0 Å². The summed E-state index contributed by atoms with van der Waals surface area (Å²) in [6.07, 6.45) is 2.63. The maximum atomic E-state index is 12.8. The summed E-state index contributed by atoms with van der Waals surface area (Å²) in [6, 6.07) is 10.8. The van der Waals surface area contributed by atoms with E-state index in [1.54, 1.807) is 30.3 Å². The zero-order valence-electron chi connectivity index (χ0n) is 16.6. The molecule has 1 heterocycles. The molecule has 0 saturated carbocycles. The topological polar surface area (TPSA) is 92.8 Å². The number of esters is 1. The van der Waals surface area contributed by atoms with Crippen LogP contribution in [0, 0.1) is 0 Å². The highest BCUT2D eigenvalue weighted by Crippen LogP contribution is 2.24. The van der Waals surface area contributed by atoms with Gasteiger partial charge in [0.1, 0.15) is 0 Å². The third-order valence-corrected chi connectivity index (χ3v) is 7.40. The molecule has 0 radical (unpaired) electrons. The number of rotatable bonds is 7. The Balaban J connectivity index is 1.55. The van der Waals surface area contributed by atoms with Crippen molar-refractivity contribution in [3.63, 3.8) is 0 Å². The molecular weight excluding hydrogens is 463 g/mol. The second kappa shape index (κ2) is 10.5. The summed E-state index contributed by atoms with van der Waals surface area (Å²) in [5.74, 6) is -1.18. The Hall–Kier alpha value is -2.13. The van der Waals surface area contributed by atoms with Crippen LogP contribution in [0.2, 0.25) is 10.0 Å². The van der Waals surface area contributed by atoms with Crippen molar-refractivity contribution in [1.29, 1.82) is 0 Å². The van der Waals surface area contributed by atoms with Gasteiger partial charge >= 0.3 is 5.97 Å². The van der Waals surface area contributed by atoms with Crippen LogP contribution in [0.4, 0.5) is 5.69 Å². The second-order valence-corrected chi connectivity index (χ2v) is 9.88. The largest absolute Gasteiger partial charge is 0.455 e. The molecule has 1 fully saturated rings. The van der Waals surface area contributed by atoms with Crippen molar-refractivity contribution < 1.29 is 22.7 Å². The summed E-state index contributed by atoms with van der Waals surface area (Å²) < 4.78 is 32.0. The summed E-state index contributed by atoms with van der Waals surface area (Å²) in [4.78, 5) is 24.2. The monoisotopic (exact) mass is 484 g/mol. The highest BCUT2D eigenvalue weighted by atomic mass is 35.5. The molecule has 10 heteroatoms. The summed E-state index contributed by atoms with van der Waals surface area (Å²) >= 11 is 11.8. The third kappa shape index (κ3) is 6.43. The minimum Gasteiger partial charge on any atom is -0.455 e. The van der Waals surface area contributed by atoms with Gasteiger partial charge in [-0.3, -0.25) is 9.59 Å². The Morgan fingerprint density at radius 1 is 1.00 bits per heavy atom. The zero-order chi connectivity index (χ0) is 22.4. The minimum atomic E-state index is -3.61. The molecule has 1 amide bonds. The van der Waals surface area contributed by atoms with E-state index >= 15 is 0 Å². The van der Waals surface area contributed by atoms with E-state index in [4.69, 9.17) is 27.9 Å². The van der Waals surface area contributed by atoms with Crippen molar-refractivity contribution in [1.82, 2.24) is 4.31 Å². The molecule has 7 nitrogen and oxygen atoms in total. The molecule has 2 aromatic rings. The van der Waals surface area contributed by atoms with Gasteiger partial charge < -0.3 is 10.1 Å². The maximum absolute atomic E-state index is 12.8. The molecule has 0 unspecified atom stereocenters. The van der Waals surface area contributed by atoms with E-state index in [2.05, 4.69) is 5.32 Å². The number of sulfonamides is 1. The molecule has 1 aliphatic heterocycles. The van der Waals surface area contributed by atoms with Gasteiger partial charge in [0.05, 0.1) is 21.4 Å². The molecule has 1 aliphatic rings. The fraction of sp³-hybridized carbons (Fsp3) is 0.333. The van der Waals surface area contributed by atoms with Gasteiger partial charge in [0.25, 0.3) is 5.91 Å². The van der Waals surface area contributed by atoms with Gasteiger partial charge in [0.15, 0.2) is 6.61 Å². The number of carbonyl (C=O) groups is 2. The Labute approximate surface area is 191 Å². The summed E-state index contributed by atoms with van der Waals surface area (Å²) in [5, 5.41) is 3.26. The first-order valence-electron chi connectivity index (χ1n) is 9.75. The lowest BCUT2D eigenvalue weighted by molar-refractivity contribution is -0.146. The Kier molecular flexibility index (Phi) is 7.94. The number of benzene rings is 2. The van der Waals surface area contributed by atoms with Gasteiger partial charge in [-0.15, -0.1) is 0 Å². The molecule has 1 saturated heterocycles. The molecule has 1 N–H and O–H groups in total. The van der Waals surface area contributed by atoms with Crippen LogP contribution >= 0.6 is 23.2 Å². The number of hydrogen-bond acceptors (Lipinski definition) is 5. The van der Waals surface area contributed by atoms with Crippen LogP contribution in [-0.4, -0.2) is 44.3 Å². The highest BCUT2D eigenvalue weighted by molar-refractivity contribution is 7.89. The number of nitrogens with zero attached hydrogens (tertiary/aromatic N) is 1. The zero-order valence-corrected chi connectivity index (χ0v) is 19.0. The van der Waals surface area contributed by atoms with E-state index in [1.807, 2.05) is 0 Å². The van der Waals surface area contributed by atoms with Crippen LogP contribution in [0.15, 0.2) is 47.4 Å². The predicted octanol–water partition coefficient (Wildman–Crippen LogP) is 3.89. The Bertz CT molecular complexity index is 1070. The number of ether oxygens (including phenoxy) is 1. The van der Waals surface area contributed by atoms with Crippen LogP contribution < -0.4 is 5.32 Å². The number of hydrogen-bond donors (Lipinski definition) is 1. The SMILES string of the molecule is O=C(COC(=O)Cc1ccc(Cl)c(Cl)c1)Nc1cccc(S(=O)(=O)N2CCCCC2)c1. The van der Waals surface area contributed by atoms with Gasteiger partial charge in [-0.05, 0) is 48.7 Å². The van der Waals surface area contributed by atoms with E-state index < -0.39 is 28.5 Å². The number of piperidine rings is 1. The van der Waals surface area contributed by atoms with Gasteiger partial charge in [-0.1, -0.05) is 41.8 Å². The van der Waals surface area contributed by atoms with E-state index in [0.717, 1.165) is 19.3 Å². The molecule has 0 atom stereocenters. The van der Waals surface area contributed by atoms with Gasteiger partial charge in [-0.2, -0.15) is 4.31 Å². The van der Waals surface area contributed by atoms with Crippen LogP contribution in [0.25, 0.3) is 0 Å². The second-order valence-electron chi connectivity index (χ2n) is 7.13. The fourth-order valence-corrected chi connectivity index (χ4v) is 5.08. The van der Waals surface area contributed by atoms with Crippen molar-refractivity contribution in [2.45, 2.75) is 30.6 Å². The number of anilines is 1. The first-order valence-corrected chi connectivity index (χ1v) is 11.9. The molecule has 166 valence electrons. The third-order valence-electron chi connectivity index (χ3n) is 4.77. The summed E-state index contributed by atoms with van der Waals surface area (Å²) in [5.41, 5.74) is 0.916. The van der Waals surface area contributed by atoms with Crippen molar-refractivity contribution in [3.05, 3.63) is 58.1 Å².